The molecule has 1 aromatic carbocycles. The summed E-state index contributed by atoms with van der Waals surface area (Å²) < 4.78 is 0. The van der Waals surface area contributed by atoms with Gasteiger partial charge in [0.25, 0.3) is 0 Å². The van der Waals surface area contributed by atoms with Crippen LogP contribution in [0.2, 0.25) is 0 Å². The van der Waals surface area contributed by atoms with Gasteiger partial charge in [0.05, 0.1) is 0 Å². The van der Waals surface area contributed by atoms with E-state index in [9.17, 15) is 5.11 Å². The summed E-state index contributed by atoms with van der Waals surface area (Å²) in [6, 6.07) is 9.56. The van der Waals surface area contributed by atoms with E-state index in [4.69, 9.17) is 6.42 Å². The Labute approximate surface area is 98.5 Å². The lowest BCUT2D eigenvalue weighted by Gasteiger charge is -2.31. The second-order valence-electron chi connectivity index (χ2n) is 4.17. The van der Waals surface area contributed by atoms with Crippen molar-refractivity contribution in [3.8, 4) is 12.3 Å². The number of terminal acetylenes is 1. The standard InChI is InChI=1S/C15H20O/c1-4-10-13(5-2)15(16,6-3)14-11-8-7-9-12-14/h3,7-9,11-13,16H,4-5,10H2,1-2H3. The maximum atomic E-state index is 10.6. The van der Waals surface area contributed by atoms with Crippen molar-refractivity contribution < 1.29 is 5.11 Å². The molecule has 0 spiro atoms. The molecule has 0 aliphatic rings. The van der Waals surface area contributed by atoms with Gasteiger partial charge in [0, 0.05) is 5.92 Å². The lowest BCUT2D eigenvalue weighted by atomic mass is 9.78. The highest BCUT2D eigenvalue weighted by Crippen LogP contribution is 2.34. The minimum atomic E-state index is -1.12. The summed E-state index contributed by atoms with van der Waals surface area (Å²) in [6.45, 7) is 4.19. The van der Waals surface area contributed by atoms with Gasteiger partial charge in [0.15, 0.2) is 5.60 Å². The Balaban J connectivity index is 3.06. The Morgan fingerprint density at radius 3 is 2.38 bits per heavy atom. The molecule has 1 nitrogen and oxygen atoms in total. The Bertz CT molecular complexity index is 349. The van der Waals surface area contributed by atoms with Crippen LogP contribution in [0.25, 0.3) is 0 Å². The third-order valence-electron chi connectivity index (χ3n) is 3.15. The molecule has 0 aliphatic carbocycles. The molecule has 0 radical (unpaired) electrons. The first-order chi connectivity index (χ1) is 7.69. The molecule has 86 valence electrons. The van der Waals surface area contributed by atoms with Crippen molar-refractivity contribution in [3.63, 3.8) is 0 Å². The fraction of sp³-hybridized carbons (Fsp3) is 0.467. The van der Waals surface area contributed by atoms with Crippen LogP contribution >= 0.6 is 0 Å². The van der Waals surface area contributed by atoms with E-state index in [1.165, 1.54) is 0 Å². The Morgan fingerprint density at radius 1 is 1.31 bits per heavy atom. The molecule has 1 N–H and O–H groups in total. The fourth-order valence-electron chi connectivity index (χ4n) is 2.19. The summed E-state index contributed by atoms with van der Waals surface area (Å²) in [6.07, 6.45) is 8.43. The molecule has 1 heteroatoms. The van der Waals surface area contributed by atoms with Crippen molar-refractivity contribution in [1.82, 2.24) is 0 Å². The maximum Gasteiger partial charge on any atom is 0.153 e. The predicted molar refractivity (Wildman–Crippen MR) is 67.9 cm³/mol. The fourth-order valence-corrected chi connectivity index (χ4v) is 2.19. The predicted octanol–water partition coefficient (Wildman–Crippen LogP) is 3.33. The molecule has 2 unspecified atom stereocenters. The Morgan fingerprint density at radius 2 is 1.94 bits per heavy atom. The van der Waals surface area contributed by atoms with Crippen LogP contribution in [0.1, 0.15) is 38.7 Å². The summed E-state index contributed by atoms with van der Waals surface area (Å²) in [5.74, 6) is 2.72. The van der Waals surface area contributed by atoms with Gasteiger partial charge in [-0.05, 0) is 18.4 Å². The lowest BCUT2D eigenvalue weighted by Crippen LogP contribution is -2.33. The van der Waals surface area contributed by atoms with Gasteiger partial charge < -0.3 is 5.11 Å². The second-order valence-corrected chi connectivity index (χ2v) is 4.17. The number of rotatable bonds is 5. The van der Waals surface area contributed by atoms with E-state index in [1.807, 2.05) is 30.3 Å². The zero-order valence-electron chi connectivity index (χ0n) is 10.1. The summed E-state index contributed by atoms with van der Waals surface area (Å²) in [4.78, 5) is 0. The molecule has 0 saturated carbocycles. The van der Waals surface area contributed by atoms with Crippen molar-refractivity contribution in [2.45, 2.75) is 38.7 Å². The molecule has 0 saturated heterocycles. The minimum absolute atomic E-state index is 0.130. The molecule has 0 aliphatic heterocycles. The van der Waals surface area contributed by atoms with Gasteiger partial charge in [0.1, 0.15) is 0 Å². The van der Waals surface area contributed by atoms with Crippen molar-refractivity contribution in [1.29, 1.82) is 0 Å². The topological polar surface area (TPSA) is 20.2 Å². The van der Waals surface area contributed by atoms with E-state index >= 15 is 0 Å². The molecule has 0 aromatic heterocycles. The van der Waals surface area contributed by atoms with Crippen LogP contribution < -0.4 is 0 Å². The quantitative estimate of drug-likeness (QED) is 0.748. The number of aliphatic hydroxyl groups is 1. The normalized spacial score (nSPS) is 16.1. The van der Waals surface area contributed by atoms with E-state index in [1.54, 1.807) is 0 Å². The van der Waals surface area contributed by atoms with Crippen LogP contribution in [0.15, 0.2) is 30.3 Å². The first kappa shape index (κ1) is 12.8. The van der Waals surface area contributed by atoms with E-state index in [0.717, 1.165) is 24.8 Å². The minimum Gasteiger partial charge on any atom is -0.373 e. The zero-order valence-corrected chi connectivity index (χ0v) is 10.1. The first-order valence-corrected chi connectivity index (χ1v) is 5.94. The van der Waals surface area contributed by atoms with Crippen molar-refractivity contribution >= 4 is 0 Å². The molecule has 0 fully saturated rings. The third kappa shape index (κ3) is 2.46. The third-order valence-corrected chi connectivity index (χ3v) is 3.15. The largest absolute Gasteiger partial charge is 0.373 e. The Hall–Kier alpha value is -1.26. The monoisotopic (exact) mass is 216 g/mol. The molecular formula is C15H20O. The maximum absolute atomic E-state index is 10.6. The zero-order chi connectivity index (χ0) is 12.0. The van der Waals surface area contributed by atoms with Crippen molar-refractivity contribution in [2.75, 3.05) is 0 Å². The molecular weight excluding hydrogens is 196 g/mol. The number of hydrogen-bond donors (Lipinski definition) is 1. The SMILES string of the molecule is C#CC(O)(c1ccccc1)C(CC)CCC. The highest BCUT2D eigenvalue weighted by atomic mass is 16.3. The van der Waals surface area contributed by atoms with Crippen LogP contribution in [-0.2, 0) is 5.60 Å². The summed E-state index contributed by atoms with van der Waals surface area (Å²) in [7, 11) is 0. The first-order valence-electron chi connectivity index (χ1n) is 5.94. The van der Waals surface area contributed by atoms with E-state index < -0.39 is 5.60 Å². The van der Waals surface area contributed by atoms with Gasteiger partial charge in [-0.1, -0.05) is 56.5 Å². The van der Waals surface area contributed by atoms with E-state index in [0.29, 0.717) is 0 Å². The summed E-state index contributed by atoms with van der Waals surface area (Å²) >= 11 is 0. The average Bonchev–Trinajstić information content (AvgIpc) is 2.36. The van der Waals surface area contributed by atoms with E-state index in [-0.39, 0.29) is 5.92 Å². The molecule has 0 bridgehead atoms. The van der Waals surface area contributed by atoms with Gasteiger partial charge in [-0.2, -0.15) is 0 Å². The van der Waals surface area contributed by atoms with Gasteiger partial charge in [-0.15, -0.1) is 6.42 Å². The molecule has 1 rings (SSSR count). The molecule has 0 amide bonds. The lowest BCUT2D eigenvalue weighted by molar-refractivity contribution is 0.0275. The van der Waals surface area contributed by atoms with Gasteiger partial charge in [-0.3, -0.25) is 0 Å². The second kappa shape index (κ2) is 5.72. The van der Waals surface area contributed by atoms with E-state index in [2.05, 4.69) is 19.8 Å². The Kier molecular flexibility index (Phi) is 4.58. The molecule has 0 heterocycles. The highest BCUT2D eigenvalue weighted by Gasteiger charge is 2.34. The van der Waals surface area contributed by atoms with Crippen LogP contribution in [0.4, 0.5) is 0 Å². The molecule has 1 aromatic rings. The summed E-state index contributed by atoms with van der Waals surface area (Å²) in [5.41, 5.74) is -0.288. The number of hydrogen-bond acceptors (Lipinski definition) is 1. The van der Waals surface area contributed by atoms with Gasteiger partial charge >= 0.3 is 0 Å². The smallest absolute Gasteiger partial charge is 0.153 e. The average molecular weight is 216 g/mol. The number of benzene rings is 1. The van der Waals surface area contributed by atoms with Gasteiger partial charge in [0.2, 0.25) is 0 Å². The van der Waals surface area contributed by atoms with Crippen LogP contribution in [0, 0.1) is 18.3 Å². The highest BCUT2D eigenvalue weighted by molar-refractivity contribution is 5.31. The molecule has 2 atom stereocenters. The molecule has 16 heavy (non-hydrogen) atoms. The van der Waals surface area contributed by atoms with Crippen molar-refractivity contribution in [3.05, 3.63) is 35.9 Å². The van der Waals surface area contributed by atoms with Gasteiger partial charge in [-0.25, -0.2) is 0 Å². The van der Waals surface area contributed by atoms with Crippen LogP contribution in [0.5, 0.6) is 0 Å². The van der Waals surface area contributed by atoms with Crippen LogP contribution in [-0.4, -0.2) is 5.11 Å². The summed E-state index contributed by atoms with van der Waals surface area (Å²) in [5, 5.41) is 10.6. The van der Waals surface area contributed by atoms with Crippen molar-refractivity contribution in [2.24, 2.45) is 5.92 Å². The van der Waals surface area contributed by atoms with Crippen LogP contribution in [0.3, 0.4) is 0 Å².